The Labute approximate surface area is 350 Å². The second-order valence-corrected chi connectivity index (χ2v) is 15.9. The van der Waals surface area contributed by atoms with E-state index in [1.165, 1.54) is 38.5 Å². The molecule has 0 aromatic rings. The van der Waals surface area contributed by atoms with Crippen LogP contribution in [0.4, 0.5) is 0 Å². The second-order valence-electron chi connectivity index (χ2n) is 14.9. The summed E-state index contributed by atoms with van der Waals surface area (Å²) in [5.74, 6) is -0.423. The van der Waals surface area contributed by atoms with E-state index in [9.17, 15) is 28.5 Å². The number of esters is 1. The third-order valence-corrected chi connectivity index (χ3v) is 10.1. The molecule has 1 heterocycles. The molecule has 0 aromatic carbocycles. The van der Waals surface area contributed by atoms with Gasteiger partial charge < -0.3 is 34.3 Å². The van der Waals surface area contributed by atoms with E-state index in [0.717, 1.165) is 89.9 Å². The van der Waals surface area contributed by atoms with E-state index in [0.29, 0.717) is 13.0 Å². The lowest BCUT2D eigenvalue weighted by Crippen LogP contribution is -2.60. The molecule has 1 saturated heterocycles. The van der Waals surface area contributed by atoms with Crippen molar-refractivity contribution >= 4 is 16.4 Å². The smallest absolute Gasteiger partial charge is 0.397 e. The molecule has 0 bridgehead atoms. The van der Waals surface area contributed by atoms with Gasteiger partial charge in [-0.15, -0.1) is 0 Å². The van der Waals surface area contributed by atoms with Gasteiger partial charge >= 0.3 is 16.4 Å². The van der Waals surface area contributed by atoms with E-state index in [4.69, 9.17) is 23.5 Å². The van der Waals surface area contributed by atoms with Gasteiger partial charge in [0.25, 0.3) is 0 Å². The summed E-state index contributed by atoms with van der Waals surface area (Å²) in [5, 5.41) is 30.6. The van der Waals surface area contributed by atoms with E-state index in [1.54, 1.807) is 0 Å². The predicted octanol–water partition coefficient (Wildman–Crippen LogP) is 8.96. The number of carbonyl (C=O) groups excluding carboxylic acids is 1. The van der Waals surface area contributed by atoms with Crippen LogP contribution in [0.25, 0.3) is 0 Å². The lowest BCUT2D eigenvalue weighted by molar-refractivity contribution is -0.301. The van der Waals surface area contributed by atoms with Crippen LogP contribution in [0, 0.1) is 0 Å². The molecule has 0 spiro atoms. The minimum absolute atomic E-state index is 0.0189. The zero-order valence-corrected chi connectivity index (χ0v) is 36.4. The Balaban J connectivity index is 2.47. The molecule has 1 rings (SSSR count). The number of unbranched alkanes of at least 4 members (excludes halogenated alkanes) is 14. The van der Waals surface area contributed by atoms with Gasteiger partial charge in [0, 0.05) is 13.0 Å². The average Bonchev–Trinajstić information content (AvgIpc) is 3.19. The molecule has 13 heteroatoms. The Morgan fingerprint density at radius 1 is 0.672 bits per heavy atom. The Morgan fingerprint density at radius 3 is 1.74 bits per heavy atom. The van der Waals surface area contributed by atoms with Crippen molar-refractivity contribution in [3.63, 3.8) is 0 Å². The normalized spacial score (nSPS) is 21.1. The van der Waals surface area contributed by atoms with E-state index in [-0.39, 0.29) is 19.6 Å². The Kier molecular flexibility index (Phi) is 34.0. The highest BCUT2D eigenvalue weighted by Gasteiger charge is 2.48. The summed E-state index contributed by atoms with van der Waals surface area (Å²) in [7, 11) is -5.07. The number of ether oxygens (including phenoxy) is 4. The van der Waals surface area contributed by atoms with Crippen molar-refractivity contribution in [2.24, 2.45) is 0 Å². The topological polar surface area (TPSA) is 178 Å². The van der Waals surface area contributed by atoms with Crippen LogP contribution >= 0.6 is 0 Å². The monoisotopic (exact) mass is 843 g/mol. The van der Waals surface area contributed by atoms with Crippen molar-refractivity contribution < 1.29 is 56.2 Å². The summed E-state index contributed by atoms with van der Waals surface area (Å²) in [5.41, 5.74) is 0. The number of hydrogen-bond acceptors (Lipinski definition) is 11. The largest absolute Gasteiger partial charge is 0.457 e. The molecule has 58 heavy (non-hydrogen) atoms. The number of aliphatic hydroxyl groups excluding tert-OH is 3. The maximum absolute atomic E-state index is 12.8. The molecule has 0 radical (unpaired) electrons. The molecule has 1 aliphatic rings. The minimum Gasteiger partial charge on any atom is -0.457 e. The molecule has 6 atom stereocenters. The van der Waals surface area contributed by atoms with E-state index >= 15 is 0 Å². The standard InChI is InChI=1S/C45H78O12S/c1-3-5-7-9-11-13-15-17-19-21-23-25-27-29-31-33-35-53-37-39(38-54-45-43(49)44(57-58(50,51)52)42(48)40(36-46)56-45)55-41(47)34-32-30-28-26-24-22-20-18-16-14-12-10-8-6-4-2/h6,8,11-14,17-20,39-40,42-46,48-49H,3-5,7,9-10,15-16,21-38H2,1-2H3,(H,50,51,52)/b8-6-,13-11-,14-12-,19-17-,20-18-. The van der Waals surface area contributed by atoms with Crippen molar-refractivity contribution in [2.75, 3.05) is 26.4 Å². The fraction of sp³-hybridized carbons (Fsp3) is 0.756. The maximum atomic E-state index is 12.8. The first kappa shape index (κ1) is 53.8. The molecule has 336 valence electrons. The Bertz CT molecular complexity index is 1250. The third-order valence-electron chi connectivity index (χ3n) is 9.62. The summed E-state index contributed by atoms with van der Waals surface area (Å²) < 4.78 is 59.0. The van der Waals surface area contributed by atoms with Gasteiger partial charge in [0.2, 0.25) is 0 Å². The van der Waals surface area contributed by atoms with Crippen molar-refractivity contribution in [3.05, 3.63) is 60.8 Å². The van der Waals surface area contributed by atoms with Gasteiger partial charge in [0.1, 0.15) is 30.5 Å². The Hall–Kier alpha value is -2.20. The number of carbonyl (C=O) groups is 1. The molecule has 0 aromatic heterocycles. The fourth-order valence-electron chi connectivity index (χ4n) is 6.30. The lowest BCUT2D eigenvalue weighted by atomic mass is 9.99. The van der Waals surface area contributed by atoms with E-state index in [2.05, 4.69) is 78.8 Å². The molecule has 0 amide bonds. The quantitative estimate of drug-likeness (QED) is 0.0202. The lowest BCUT2D eigenvalue weighted by Gasteiger charge is -2.41. The molecular weight excluding hydrogens is 765 g/mol. The fourth-order valence-corrected chi connectivity index (χ4v) is 6.81. The highest BCUT2D eigenvalue weighted by molar-refractivity contribution is 7.80. The molecule has 12 nitrogen and oxygen atoms in total. The van der Waals surface area contributed by atoms with Gasteiger partial charge in [-0.1, -0.05) is 132 Å². The maximum Gasteiger partial charge on any atom is 0.397 e. The Morgan fingerprint density at radius 2 is 1.19 bits per heavy atom. The average molecular weight is 843 g/mol. The first-order chi connectivity index (χ1) is 28.1. The van der Waals surface area contributed by atoms with Crippen LogP contribution in [0.5, 0.6) is 0 Å². The molecule has 6 unspecified atom stereocenters. The predicted molar refractivity (Wildman–Crippen MR) is 229 cm³/mol. The van der Waals surface area contributed by atoms with Crippen molar-refractivity contribution in [3.8, 4) is 0 Å². The zero-order valence-electron chi connectivity index (χ0n) is 35.6. The van der Waals surface area contributed by atoms with Crippen molar-refractivity contribution in [1.29, 1.82) is 0 Å². The van der Waals surface area contributed by atoms with Gasteiger partial charge in [0.15, 0.2) is 6.29 Å². The molecule has 0 saturated carbocycles. The minimum atomic E-state index is -5.07. The van der Waals surface area contributed by atoms with Crippen LogP contribution in [0.2, 0.25) is 0 Å². The molecule has 4 N–H and O–H groups in total. The van der Waals surface area contributed by atoms with E-state index < -0.39 is 59.8 Å². The van der Waals surface area contributed by atoms with Crippen LogP contribution in [-0.2, 0) is 38.3 Å². The summed E-state index contributed by atoms with van der Waals surface area (Å²) >= 11 is 0. The first-order valence-corrected chi connectivity index (χ1v) is 23.4. The van der Waals surface area contributed by atoms with E-state index in [1.807, 2.05) is 0 Å². The molecule has 0 aliphatic carbocycles. The highest BCUT2D eigenvalue weighted by Crippen LogP contribution is 2.26. The summed E-state index contributed by atoms with van der Waals surface area (Å²) in [4.78, 5) is 12.8. The van der Waals surface area contributed by atoms with Gasteiger partial charge in [-0.25, -0.2) is 4.18 Å². The molecule has 1 fully saturated rings. The van der Waals surface area contributed by atoms with Gasteiger partial charge in [-0.3, -0.25) is 9.35 Å². The number of hydrogen-bond donors (Lipinski definition) is 4. The first-order valence-electron chi connectivity index (χ1n) is 22.0. The molecule has 1 aliphatic heterocycles. The third kappa shape index (κ3) is 29.9. The van der Waals surface area contributed by atoms with Crippen molar-refractivity contribution in [1.82, 2.24) is 0 Å². The van der Waals surface area contributed by atoms with Gasteiger partial charge in [-0.05, 0) is 77.0 Å². The number of allylic oxidation sites excluding steroid dienone is 10. The van der Waals surface area contributed by atoms with Crippen LogP contribution in [0.15, 0.2) is 60.8 Å². The molecular formula is C45H78O12S. The van der Waals surface area contributed by atoms with Crippen LogP contribution < -0.4 is 0 Å². The van der Waals surface area contributed by atoms with Crippen LogP contribution in [-0.4, -0.2) is 97.5 Å². The zero-order chi connectivity index (χ0) is 42.5. The number of rotatable bonds is 37. The second kappa shape index (κ2) is 36.6. The summed E-state index contributed by atoms with van der Waals surface area (Å²) in [6.45, 7) is 3.79. The summed E-state index contributed by atoms with van der Waals surface area (Å²) in [6, 6.07) is 0. The highest BCUT2D eigenvalue weighted by atomic mass is 32.3. The number of aliphatic hydroxyl groups is 3. The van der Waals surface area contributed by atoms with Gasteiger partial charge in [0.05, 0.1) is 19.8 Å². The van der Waals surface area contributed by atoms with Crippen molar-refractivity contribution in [2.45, 2.75) is 192 Å². The van der Waals surface area contributed by atoms with Crippen LogP contribution in [0.1, 0.15) is 155 Å². The van der Waals surface area contributed by atoms with Gasteiger partial charge in [-0.2, -0.15) is 8.42 Å². The SMILES string of the molecule is CC/C=C\C/C=C\C/C=C\CCCCCCCC(=O)OC(COCCCCCCCC/C=C\C/C=C\CCCCC)COC1OC(CO)C(O)C(OS(=O)(=O)O)C1O. The van der Waals surface area contributed by atoms with Crippen LogP contribution in [0.3, 0.4) is 0 Å². The summed E-state index contributed by atoms with van der Waals surface area (Å²) in [6.07, 6.45) is 35.4.